The largest absolute Gasteiger partial charge is 0.342 e. The number of rotatable bonds is 6. The Morgan fingerprint density at radius 1 is 0.941 bits per heavy atom. The predicted octanol–water partition coefficient (Wildman–Crippen LogP) is 4.74. The number of aryl methyl sites for hydroxylation is 1. The van der Waals surface area contributed by atoms with Gasteiger partial charge >= 0.3 is 0 Å². The zero-order valence-electron chi connectivity index (χ0n) is 20.0. The van der Waals surface area contributed by atoms with E-state index in [0.29, 0.717) is 30.1 Å². The van der Waals surface area contributed by atoms with Gasteiger partial charge < -0.3 is 9.42 Å². The lowest BCUT2D eigenvalue weighted by molar-refractivity contribution is -0.138. The van der Waals surface area contributed by atoms with E-state index in [4.69, 9.17) is 4.52 Å². The first-order chi connectivity index (χ1) is 16.6. The summed E-state index contributed by atoms with van der Waals surface area (Å²) in [7, 11) is 0. The number of piperidine rings is 2. The number of benzene rings is 2. The van der Waals surface area contributed by atoms with Gasteiger partial charge in [-0.3, -0.25) is 9.69 Å². The van der Waals surface area contributed by atoms with Crippen molar-refractivity contribution in [3.05, 3.63) is 71.6 Å². The molecular weight excluding hydrogens is 424 g/mol. The van der Waals surface area contributed by atoms with E-state index in [-0.39, 0.29) is 5.92 Å². The fourth-order valence-corrected chi connectivity index (χ4v) is 5.23. The quantitative estimate of drug-likeness (QED) is 0.534. The van der Waals surface area contributed by atoms with Gasteiger partial charge in [0.2, 0.25) is 17.6 Å². The molecule has 3 aromatic rings. The fraction of sp³-hybridized carbons (Fsp3) is 0.464. The number of likely N-dealkylation sites (tertiary alicyclic amines) is 2. The third-order valence-electron chi connectivity index (χ3n) is 7.37. The summed E-state index contributed by atoms with van der Waals surface area (Å²) in [5.41, 5.74) is 3.59. The monoisotopic (exact) mass is 458 g/mol. The third-order valence-corrected chi connectivity index (χ3v) is 7.37. The van der Waals surface area contributed by atoms with Crippen LogP contribution in [0.25, 0.3) is 11.4 Å². The molecule has 2 fully saturated rings. The molecule has 6 nitrogen and oxygen atoms in total. The van der Waals surface area contributed by atoms with Crippen molar-refractivity contribution >= 4 is 5.91 Å². The molecule has 1 aromatic heterocycles. The maximum absolute atomic E-state index is 13.1. The normalized spacial score (nSPS) is 18.3. The lowest BCUT2D eigenvalue weighted by Crippen LogP contribution is -2.45. The Bertz CT molecular complexity index is 1060. The van der Waals surface area contributed by atoms with Gasteiger partial charge in [-0.2, -0.15) is 4.98 Å². The zero-order valence-corrected chi connectivity index (χ0v) is 20.0. The standard InChI is InChI=1S/C28H34N4O2/c1-21-7-9-24(10-8-21)27-29-26(34-30-27)20-31-15-13-25(14-16-31)28(33)32-17-11-23(12-18-32)19-22-5-3-2-4-6-22/h2-10,23,25H,11-20H2,1H3. The number of nitrogens with zero attached hydrogens (tertiary/aromatic N) is 4. The Morgan fingerprint density at radius 2 is 1.65 bits per heavy atom. The first-order valence-corrected chi connectivity index (χ1v) is 12.6. The summed E-state index contributed by atoms with van der Waals surface area (Å²) in [5, 5.41) is 4.14. The van der Waals surface area contributed by atoms with Gasteiger partial charge in [0.25, 0.3) is 0 Å². The van der Waals surface area contributed by atoms with Gasteiger partial charge in [-0.15, -0.1) is 0 Å². The Morgan fingerprint density at radius 3 is 2.35 bits per heavy atom. The first-order valence-electron chi connectivity index (χ1n) is 12.6. The van der Waals surface area contributed by atoms with Crippen LogP contribution in [0.15, 0.2) is 59.1 Å². The number of aromatic nitrogens is 2. The molecule has 0 unspecified atom stereocenters. The Balaban J connectivity index is 1.06. The van der Waals surface area contributed by atoms with E-state index in [1.807, 2.05) is 12.1 Å². The fourth-order valence-electron chi connectivity index (χ4n) is 5.23. The molecule has 0 radical (unpaired) electrons. The van der Waals surface area contributed by atoms with Crippen LogP contribution in [-0.4, -0.2) is 52.0 Å². The van der Waals surface area contributed by atoms with Gasteiger partial charge in [0.1, 0.15) is 0 Å². The summed E-state index contributed by atoms with van der Waals surface area (Å²) in [6.07, 6.45) is 5.16. The van der Waals surface area contributed by atoms with Crippen LogP contribution in [0.4, 0.5) is 0 Å². The molecule has 0 saturated carbocycles. The molecule has 0 spiro atoms. The molecule has 5 rings (SSSR count). The van der Waals surface area contributed by atoms with Crippen LogP contribution in [0.5, 0.6) is 0 Å². The summed E-state index contributed by atoms with van der Waals surface area (Å²) >= 11 is 0. The predicted molar refractivity (Wildman–Crippen MR) is 132 cm³/mol. The molecule has 0 aliphatic carbocycles. The van der Waals surface area contributed by atoms with Gasteiger partial charge in [-0.25, -0.2) is 0 Å². The highest BCUT2D eigenvalue weighted by Crippen LogP contribution is 2.26. The summed E-state index contributed by atoms with van der Waals surface area (Å²) in [6.45, 7) is 6.30. The highest BCUT2D eigenvalue weighted by Gasteiger charge is 2.31. The number of hydrogen-bond acceptors (Lipinski definition) is 5. The van der Waals surface area contributed by atoms with Crippen LogP contribution >= 0.6 is 0 Å². The van der Waals surface area contributed by atoms with Crippen LogP contribution in [0.3, 0.4) is 0 Å². The molecule has 34 heavy (non-hydrogen) atoms. The van der Waals surface area contributed by atoms with E-state index in [0.717, 1.165) is 63.8 Å². The Kier molecular flexibility index (Phi) is 7.05. The lowest BCUT2D eigenvalue weighted by atomic mass is 9.88. The third kappa shape index (κ3) is 5.55. The van der Waals surface area contributed by atoms with E-state index in [1.165, 1.54) is 11.1 Å². The second-order valence-electron chi connectivity index (χ2n) is 9.89. The maximum atomic E-state index is 13.1. The highest BCUT2D eigenvalue weighted by molar-refractivity contribution is 5.79. The van der Waals surface area contributed by atoms with E-state index in [2.05, 4.69) is 69.3 Å². The van der Waals surface area contributed by atoms with Gasteiger partial charge in [-0.1, -0.05) is 65.3 Å². The average Bonchev–Trinajstić information content (AvgIpc) is 3.34. The van der Waals surface area contributed by atoms with Crippen LogP contribution < -0.4 is 0 Å². The molecule has 6 heteroatoms. The first kappa shape index (κ1) is 22.8. The molecule has 2 aliphatic rings. The van der Waals surface area contributed by atoms with Gasteiger partial charge in [0.05, 0.1) is 6.54 Å². The summed E-state index contributed by atoms with van der Waals surface area (Å²) in [6, 6.07) is 18.9. The van der Waals surface area contributed by atoms with E-state index < -0.39 is 0 Å². The molecule has 178 valence electrons. The van der Waals surface area contributed by atoms with Crippen LogP contribution in [0, 0.1) is 18.8 Å². The van der Waals surface area contributed by atoms with E-state index in [9.17, 15) is 4.79 Å². The van der Waals surface area contributed by atoms with Gasteiger partial charge in [-0.05, 0) is 63.6 Å². The topological polar surface area (TPSA) is 62.5 Å². The summed E-state index contributed by atoms with van der Waals surface area (Å²) < 4.78 is 5.50. The molecule has 1 amide bonds. The number of amides is 1. The molecule has 0 bridgehead atoms. The van der Waals surface area contributed by atoms with Crippen molar-refractivity contribution in [3.63, 3.8) is 0 Å². The minimum absolute atomic E-state index is 0.146. The van der Waals surface area contributed by atoms with Crippen LogP contribution in [0.1, 0.15) is 42.7 Å². The minimum atomic E-state index is 0.146. The smallest absolute Gasteiger partial charge is 0.241 e. The molecule has 2 saturated heterocycles. The van der Waals surface area contributed by atoms with E-state index >= 15 is 0 Å². The van der Waals surface area contributed by atoms with Crippen molar-refractivity contribution in [2.24, 2.45) is 11.8 Å². The molecule has 3 heterocycles. The number of carbonyl (C=O) groups excluding carboxylic acids is 1. The minimum Gasteiger partial charge on any atom is -0.342 e. The lowest BCUT2D eigenvalue weighted by Gasteiger charge is -2.37. The second-order valence-corrected chi connectivity index (χ2v) is 9.89. The van der Waals surface area contributed by atoms with Crippen molar-refractivity contribution in [1.29, 1.82) is 0 Å². The van der Waals surface area contributed by atoms with Crippen LogP contribution in [0.2, 0.25) is 0 Å². The van der Waals surface area contributed by atoms with Crippen molar-refractivity contribution < 1.29 is 9.32 Å². The number of hydrogen-bond donors (Lipinski definition) is 0. The highest BCUT2D eigenvalue weighted by atomic mass is 16.5. The van der Waals surface area contributed by atoms with Crippen molar-refractivity contribution in [2.45, 2.75) is 45.6 Å². The van der Waals surface area contributed by atoms with Crippen molar-refractivity contribution in [2.75, 3.05) is 26.2 Å². The van der Waals surface area contributed by atoms with Gasteiger partial charge in [0, 0.05) is 24.6 Å². The molecule has 2 aromatic carbocycles. The maximum Gasteiger partial charge on any atom is 0.241 e. The molecule has 2 aliphatic heterocycles. The zero-order chi connectivity index (χ0) is 23.3. The van der Waals surface area contributed by atoms with Crippen LogP contribution in [-0.2, 0) is 17.8 Å². The Labute approximate surface area is 202 Å². The Hall–Kier alpha value is -2.99. The molecule has 0 N–H and O–H groups in total. The van der Waals surface area contributed by atoms with Gasteiger partial charge in [0.15, 0.2) is 0 Å². The average molecular weight is 459 g/mol. The second kappa shape index (κ2) is 10.5. The number of carbonyl (C=O) groups is 1. The summed E-state index contributed by atoms with van der Waals surface area (Å²) in [5.74, 6) is 2.47. The SMILES string of the molecule is Cc1ccc(-c2noc(CN3CCC(C(=O)N4CCC(Cc5ccccc5)CC4)CC3)n2)cc1. The van der Waals surface area contributed by atoms with E-state index in [1.54, 1.807) is 0 Å². The summed E-state index contributed by atoms with van der Waals surface area (Å²) in [4.78, 5) is 22.1. The van der Waals surface area contributed by atoms with Crippen molar-refractivity contribution in [1.82, 2.24) is 19.9 Å². The molecule has 0 atom stereocenters. The van der Waals surface area contributed by atoms with Crippen molar-refractivity contribution in [3.8, 4) is 11.4 Å². The molecular formula is C28H34N4O2.